The summed E-state index contributed by atoms with van der Waals surface area (Å²) in [5.41, 5.74) is -0.0741. The molecular formula is C16H21FO3S. The van der Waals surface area contributed by atoms with E-state index in [1.165, 1.54) is 12.1 Å². The summed E-state index contributed by atoms with van der Waals surface area (Å²) in [5.74, 6) is -0.275. The number of hydrogen-bond donors (Lipinski definition) is 1. The first-order valence-corrected chi connectivity index (χ1v) is 9.20. The lowest BCUT2D eigenvalue weighted by atomic mass is 9.81. The smallest absolute Gasteiger partial charge is 0.156 e. The Bertz CT molecular complexity index is 606. The van der Waals surface area contributed by atoms with E-state index in [1.54, 1.807) is 6.07 Å². The van der Waals surface area contributed by atoms with Crippen molar-refractivity contribution in [2.24, 2.45) is 0 Å². The van der Waals surface area contributed by atoms with Crippen LogP contribution in [-0.2, 0) is 16.3 Å². The van der Waals surface area contributed by atoms with E-state index in [1.807, 2.05) is 6.07 Å². The zero-order chi connectivity index (χ0) is 15.1. The Morgan fingerprint density at radius 1 is 1.24 bits per heavy atom. The van der Waals surface area contributed by atoms with Crippen molar-refractivity contribution in [2.45, 2.75) is 61.0 Å². The van der Waals surface area contributed by atoms with Gasteiger partial charge in [-0.05, 0) is 56.2 Å². The third-order valence-corrected chi connectivity index (χ3v) is 7.63. The molecule has 2 aliphatic rings. The van der Waals surface area contributed by atoms with Gasteiger partial charge in [-0.3, -0.25) is 0 Å². The quantitative estimate of drug-likeness (QED) is 0.933. The number of sulfone groups is 1. The van der Waals surface area contributed by atoms with Gasteiger partial charge in [0.25, 0.3) is 0 Å². The van der Waals surface area contributed by atoms with Crippen molar-refractivity contribution < 1.29 is 17.9 Å². The fourth-order valence-corrected chi connectivity index (χ4v) is 6.43. The van der Waals surface area contributed by atoms with Gasteiger partial charge in [0.05, 0.1) is 16.1 Å². The predicted octanol–water partition coefficient (Wildman–Crippen LogP) is 2.62. The van der Waals surface area contributed by atoms with E-state index in [2.05, 4.69) is 0 Å². The number of hydrogen-bond acceptors (Lipinski definition) is 3. The van der Waals surface area contributed by atoms with E-state index >= 15 is 0 Å². The summed E-state index contributed by atoms with van der Waals surface area (Å²) in [4.78, 5) is 0. The summed E-state index contributed by atoms with van der Waals surface area (Å²) >= 11 is 0. The molecule has 116 valence electrons. The highest BCUT2D eigenvalue weighted by atomic mass is 32.2. The number of halogens is 1. The van der Waals surface area contributed by atoms with Crippen molar-refractivity contribution in [2.75, 3.05) is 0 Å². The van der Waals surface area contributed by atoms with Crippen molar-refractivity contribution in [1.82, 2.24) is 0 Å². The lowest BCUT2D eigenvalue weighted by Gasteiger charge is -2.44. The van der Waals surface area contributed by atoms with Crippen molar-refractivity contribution in [3.8, 4) is 0 Å². The van der Waals surface area contributed by atoms with Gasteiger partial charge in [-0.15, -0.1) is 0 Å². The fraction of sp³-hybridized carbons (Fsp3) is 0.625. The number of rotatable bonds is 3. The molecular weight excluding hydrogens is 291 g/mol. The lowest BCUT2D eigenvalue weighted by Crippen LogP contribution is -2.51. The van der Waals surface area contributed by atoms with E-state index in [4.69, 9.17) is 0 Å². The Labute approximate surface area is 125 Å². The topological polar surface area (TPSA) is 54.4 Å². The summed E-state index contributed by atoms with van der Waals surface area (Å²) in [7, 11) is -3.05. The molecule has 3 rings (SSSR count). The van der Waals surface area contributed by atoms with Crippen LogP contribution in [0.1, 0.15) is 44.1 Å². The molecule has 0 aliphatic carbocycles. The van der Waals surface area contributed by atoms with Gasteiger partial charge in [-0.2, -0.15) is 0 Å². The zero-order valence-corrected chi connectivity index (χ0v) is 12.8. The molecule has 1 aromatic carbocycles. The van der Waals surface area contributed by atoms with E-state index in [-0.39, 0.29) is 16.3 Å². The Morgan fingerprint density at radius 2 is 1.90 bits per heavy atom. The van der Waals surface area contributed by atoms with Crippen LogP contribution in [0.2, 0.25) is 0 Å². The number of benzene rings is 1. The van der Waals surface area contributed by atoms with Gasteiger partial charge < -0.3 is 5.11 Å². The average molecular weight is 312 g/mol. The van der Waals surface area contributed by atoms with Gasteiger partial charge in [0.2, 0.25) is 0 Å². The molecule has 5 heteroatoms. The number of fused-ring (bicyclic) bond motifs is 2. The van der Waals surface area contributed by atoms with Gasteiger partial charge in [0.1, 0.15) is 5.82 Å². The van der Waals surface area contributed by atoms with E-state index in [0.717, 1.165) is 12.0 Å². The Kier molecular flexibility index (Phi) is 3.82. The van der Waals surface area contributed by atoms with Crippen LogP contribution in [-0.4, -0.2) is 29.6 Å². The first kappa shape index (κ1) is 15.0. The highest BCUT2D eigenvalue weighted by molar-refractivity contribution is 7.92. The molecule has 0 amide bonds. The Hall–Kier alpha value is -0.940. The molecule has 3 nitrogen and oxygen atoms in total. The second kappa shape index (κ2) is 5.36. The molecule has 0 spiro atoms. The van der Waals surface area contributed by atoms with Gasteiger partial charge in [0.15, 0.2) is 9.84 Å². The summed E-state index contributed by atoms with van der Waals surface area (Å²) in [6.07, 6.45) is 4.02. The highest BCUT2D eigenvalue weighted by Crippen LogP contribution is 2.43. The monoisotopic (exact) mass is 312 g/mol. The van der Waals surface area contributed by atoms with Crippen molar-refractivity contribution in [3.63, 3.8) is 0 Å². The van der Waals surface area contributed by atoms with Crippen LogP contribution in [0.5, 0.6) is 0 Å². The fourth-order valence-electron chi connectivity index (χ4n) is 3.81. The maximum atomic E-state index is 13.2. The van der Waals surface area contributed by atoms with Crippen molar-refractivity contribution in [3.05, 3.63) is 35.6 Å². The molecule has 2 aliphatic heterocycles. The second-order valence-electron chi connectivity index (χ2n) is 6.53. The molecule has 0 aromatic heterocycles. The average Bonchev–Trinajstić information content (AvgIpc) is 2.39. The normalized spacial score (nSPS) is 34.6. The minimum Gasteiger partial charge on any atom is -0.390 e. The Morgan fingerprint density at radius 3 is 2.52 bits per heavy atom. The molecule has 1 N–H and O–H groups in total. The van der Waals surface area contributed by atoms with Crippen LogP contribution in [0, 0.1) is 5.82 Å². The minimum absolute atomic E-state index is 0.275. The van der Waals surface area contributed by atoms with Gasteiger partial charge >= 0.3 is 0 Å². The molecule has 1 aromatic rings. The van der Waals surface area contributed by atoms with Crippen LogP contribution in [0.15, 0.2) is 24.3 Å². The third-order valence-electron chi connectivity index (χ3n) is 4.96. The summed E-state index contributed by atoms with van der Waals surface area (Å²) in [5, 5.41) is 10.0. The number of aryl methyl sites for hydroxylation is 1. The molecule has 2 fully saturated rings. The zero-order valence-electron chi connectivity index (χ0n) is 12.0. The van der Waals surface area contributed by atoms with Crippen LogP contribution < -0.4 is 0 Å². The third kappa shape index (κ3) is 2.99. The van der Waals surface area contributed by atoms with E-state index in [9.17, 15) is 17.9 Å². The lowest BCUT2D eigenvalue weighted by molar-refractivity contribution is 0.00193. The van der Waals surface area contributed by atoms with Gasteiger partial charge in [0, 0.05) is 0 Å². The van der Waals surface area contributed by atoms with Crippen LogP contribution in [0.4, 0.5) is 4.39 Å². The molecule has 2 heterocycles. The minimum atomic E-state index is -3.05. The first-order chi connectivity index (χ1) is 9.89. The highest BCUT2D eigenvalue weighted by Gasteiger charge is 2.49. The standard InChI is InChI=1S/C16H21FO3S/c17-13-4-1-3-12(9-13)7-8-16(18)10-14-5-2-6-15(11-16)21(14,19)20/h1,3-4,9,14-15,18H,2,5-8,10-11H2. The largest absolute Gasteiger partial charge is 0.390 e. The van der Waals surface area contributed by atoms with E-state index in [0.29, 0.717) is 38.5 Å². The Balaban J connectivity index is 1.71. The molecule has 0 radical (unpaired) electrons. The molecule has 2 bridgehead atoms. The first-order valence-electron chi connectivity index (χ1n) is 7.59. The van der Waals surface area contributed by atoms with Gasteiger partial charge in [-0.1, -0.05) is 18.6 Å². The summed E-state index contributed by atoms with van der Waals surface area (Å²) < 4.78 is 37.7. The van der Waals surface area contributed by atoms with Crippen molar-refractivity contribution in [1.29, 1.82) is 0 Å². The number of aliphatic hydroxyl groups is 1. The molecule has 2 saturated heterocycles. The predicted molar refractivity (Wildman–Crippen MR) is 79.3 cm³/mol. The van der Waals surface area contributed by atoms with Crippen molar-refractivity contribution >= 4 is 9.84 Å². The van der Waals surface area contributed by atoms with Crippen LogP contribution >= 0.6 is 0 Å². The molecule has 2 unspecified atom stereocenters. The molecule has 21 heavy (non-hydrogen) atoms. The van der Waals surface area contributed by atoms with E-state index < -0.39 is 15.4 Å². The summed E-state index contributed by atoms with van der Waals surface area (Å²) in [6.45, 7) is 0. The SMILES string of the molecule is O=S1(=O)C2CCCC1CC(O)(CCc1cccc(F)c1)C2. The molecule has 2 atom stereocenters. The van der Waals surface area contributed by atoms with Crippen LogP contribution in [0.3, 0.4) is 0 Å². The molecule has 0 saturated carbocycles. The summed E-state index contributed by atoms with van der Waals surface area (Å²) in [6, 6.07) is 6.38. The second-order valence-corrected chi connectivity index (χ2v) is 9.04. The van der Waals surface area contributed by atoms with Crippen LogP contribution in [0.25, 0.3) is 0 Å². The maximum Gasteiger partial charge on any atom is 0.156 e. The van der Waals surface area contributed by atoms with Gasteiger partial charge in [-0.25, -0.2) is 12.8 Å². The maximum absolute atomic E-state index is 13.2.